The fourth-order valence-electron chi connectivity index (χ4n) is 4.21. The number of nitrogens with zero attached hydrogens (tertiary/aromatic N) is 3. The molecule has 1 aliphatic rings. The van der Waals surface area contributed by atoms with Crippen LogP contribution in [0.15, 0.2) is 36.4 Å². The van der Waals surface area contributed by atoms with Gasteiger partial charge in [0, 0.05) is 50.0 Å². The highest BCUT2D eigenvalue weighted by Gasteiger charge is 2.23. The first-order valence-corrected chi connectivity index (χ1v) is 11.6. The van der Waals surface area contributed by atoms with Crippen molar-refractivity contribution in [1.82, 2.24) is 14.7 Å². The minimum Gasteiger partial charge on any atom is -0.497 e. The number of para-hydroxylation sites is 1. The van der Waals surface area contributed by atoms with Crippen molar-refractivity contribution in [2.24, 2.45) is 0 Å². The minimum absolute atomic E-state index is 0.0228. The van der Waals surface area contributed by atoms with Crippen molar-refractivity contribution in [3.8, 4) is 11.5 Å². The van der Waals surface area contributed by atoms with Crippen LogP contribution in [0.5, 0.6) is 11.5 Å². The van der Waals surface area contributed by atoms with Crippen molar-refractivity contribution < 1.29 is 19.1 Å². The number of ether oxygens (including phenoxy) is 2. The first-order valence-electron chi connectivity index (χ1n) is 11.6. The maximum absolute atomic E-state index is 12.8. The monoisotopic (exact) mass is 468 g/mol. The Morgan fingerprint density at radius 2 is 1.68 bits per heavy atom. The number of nitrogens with one attached hydrogen (secondary N) is 1. The zero-order chi connectivity index (χ0) is 24.7. The molecule has 1 heterocycles. The van der Waals surface area contributed by atoms with Gasteiger partial charge in [-0.05, 0) is 38.1 Å². The van der Waals surface area contributed by atoms with Gasteiger partial charge in [-0.15, -0.1) is 0 Å². The number of amides is 2. The minimum atomic E-state index is -0.0228. The molecule has 3 rings (SSSR count). The molecule has 0 aliphatic carbocycles. The molecule has 1 fully saturated rings. The SMILES string of the molecule is COc1ccc(CN(C)CC(=O)N2CCN(CC(=O)Nc3c(C)cccc3C)CC2)c(OC)c1. The van der Waals surface area contributed by atoms with Gasteiger partial charge in [-0.2, -0.15) is 0 Å². The van der Waals surface area contributed by atoms with Crippen LogP contribution in [-0.2, 0) is 16.1 Å². The average molecular weight is 469 g/mol. The largest absolute Gasteiger partial charge is 0.497 e. The molecule has 184 valence electrons. The van der Waals surface area contributed by atoms with Crippen LogP contribution in [0.4, 0.5) is 5.69 Å². The van der Waals surface area contributed by atoms with E-state index < -0.39 is 0 Å². The summed E-state index contributed by atoms with van der Waals surface area (Å²) in [5.74, 6) is 1.55. The zero-order valence-corrected chi connectivity index (χ0v) is 20.9. The third kappa shape index (κ3) is 6.71. The third-order valence-electron chi connectivity index (χ3n) is 6.18. The molecule has 0 saturated carbocycles. The molecule has 34 heavy (non-hydrogen) atoms. The predicted molar refractivity (Wildman–Crippen MR) is 133 cm³/mol. The molecule has 2 amide bonds. The predicted octanol–water partition coefficient (Wildman–Crippen LogP) is 2.54. The van der Waals surface area contributed by atoms with Gasteiger partial charge in [-0.25, -0.2) is 0 Å². The topological polar surface area (TPSA) is 74.4 Å². The van der Waals surface area contributed by atoms with E-state index in [0.29, 0.717) is 45.8 Å². The Bertz CT molecular complexity index is 982. The molecule has 0 radical (unpaired) electrons. The van der Waals surface area contributed by atoms with Crippen LogP contribution < -0.4 is 14.8 Å². The molecule has 0 bridgehead atoms. The number of benzene rings is 2. The molecule has 0 aromatic heterocycles. The highest BCUT2D eigenvalue weighted by atomic mass is 16.5. The normalized spacial score (nSPS) is 14.2. The molecule has 0 atom stereocenters. The van der Waals surface area contributed by atoms with E-state index in [1.54, 1.807) is 14.2 Å². The zero-order valence-electron chi connectivity index (χ0n) is 20.9. The third-order valence-corrected chi connectivity index (χ3v) is 6.18. The smallest absolute Gasteiger partial charge is 0.238 e. The van der Waals surface area contributed by atoms with Gasteiger partial charge >= 0.3 is 0 Å². The van der Waals surface area contributed by atoms with Gasteiger partial charge in [0.1, 0.15) is 11.5 Å². The van der Waals surface area contributed by atoms with Gasteiger partial charge < -0.3 is 19.7 Å². The van der Waals surface area contributed by atoms with Gasteiger partial charge in [0.05, 0.1) is 27.3 Å². The van der Waals surface area contributed by atoms with Crippen molar-refractivity contribution in [2.75, 3.05) is 65.9 Å². The first-order chi connectivity index (χ1) is 16.3. The molecule has 0 spiro atoms. The second-order valence-electron chi connectivity index (χ2n) is 8.82. The van der Waals surface area contributed by atoms with Crippen LogP contribution in [0, 0.1) is 13.8 Å². The van der Waals surface area contributed by atoms with Gasteiger partial charge in [0.15, 0.2) is 0 Å². The fourth-order valence-corrected chi connectivity index (χ4v) is 4.21. The lowest BCUT2D eigenvalue weighted by molar-refractivity contribution is -0.134. The lowest BCUT2D eigenvalue weighted by Gasteiger charge is -2.35. The number of carbonyl (C=O) groups is 2. The maximum atomic E-state index is 12.8. The lowest BCUT2D eigenvalue weighted by atomic mass is 10.1. The van der Waals surface area contributed by atoms with Gasteiger partial charge in [0.2, 0.25) is 11.8 Å². The molecule has 8 nitrogen and oxygen atoms in total. The number of anilines is 1. The standard InChI is InChI=1S/C26H36N4O4/c1-19-7-6-8-20(2)26(19)27-24(31)17-29-11-13-30(14-12-29)25(32)18-28(3)16-21-9-10-22(33-4)15-23(21)34-5/h6-10,15H,11-14,16-18H2,1-5H3,(H,27,31). The Hall–Kier alpha value is -3.10. The van der Waals surface area contributed by atoms with E-state index in [1.165, 1.54) is 0 Å². The van der Waals surface area contributed by atoms with Crippen LogP contribution in [0.2, 0.25) is 0 Å². The Morgan fingerprint density at radius 1 is 1.00 bits per heavy atom. The quantitative estimate of drug-likeness (QED) is 0.610. The molecule has 0 unspecified atom stereocenters. The van der Waals surface area contributed by atoms with Crippen molar-refractivity contribution in [1.29, 1.82) is 0 Å². The molecule has 1 N–H and O–H groups in total. The van der Waals surface area contributed by atoms with Crippen molar-refractivity contribution in [3.05, 3.63) is 53.1 Å². The second-order valence-corrected chi connectivity index (χ2v) is 8.82. The van der Waals surface area contributed by atoms with Crippen LogP contribution in [0.25, 0.3) is 0 Å². The van der Waals surface area contributed by atoms with E-state index in [2.05, 4.69) is 10.2 Å². The van der Waals surface area contributed by atoms with Crippen LogP contribution in [-0.4, -0.2) is 87.0 Å². The summed E-state index contributed by atoms with van der Waals surface area (Å²) in [6.45, 7) is 7.84. The van der Waals surface area contributed by atoms with E-state index in [1.807, 2.05) is 67.1 Å². The summed E-state index contributed by atoms with van der Waals surface area (Å²) < 4.78 is 10.7. The van der Waals surface area contributed by atoms with Crippen LogP contribution in [0.3, 0.4) is 0 Å². The molecular weight excluding hydrogens is 432 g/mol. The van der Waals surface area contributed by atoms with E-state index >= 15 is 0 Å². The van der Waals surface area contributed by atoms with Crippen LogP contribution >= 0.6 is 0 Å². The van der Waals surface area contributed by atoms with Gasteiger partial charge in [-0.1, -0.05) is 24.3 Å². The summed E-state index contributed by atoms with van der Waals surface area (Å²) in [5.41, 5.74) is 4.00. The van der Waals surface area contributed by atoms with Crippen molar-refractivity contribution in [3.63, 3.8) is 0 Å². The number of aryl methyl sites for hydroxylation is 2. The number of methoxy groups -OCH3 is 2. The molecule has 8 heteroatoms. The summed E-state index contributed by atoms with van der Waals surface area (Å²) in [5, 5.41) is 3.04. The Morgan fingerprint density at radius 3 is 2.29 bits per heavy atom. The highest BCUT2D eigenvalue weighted by Crippen LogP contribution is 2.25. The van der Waals surface area contributed by atoms with Gasteiger partial charge in [-0.3, -0.25) is 19.4 Å². The lowest BCUT2D eigenvalue weighted by Crippen LogP contribution is -2.52. The van der Waals surface area contributed by atoms with E-state index in [9.17, 15) is 9.59 Å². The number of hydrogen-bond donors (Lipinski definition) is 1. The Kier molecular flexibility index (Phi) is 8.90. The van der Waals surface area contributed by atoms with E-state index in [-0.39, 0.29) is 11.8 Å². The van der Waals surface area contributed by atoms with Crippen molar-refractivity contribution in [2.45, 2.75) is 20.4 Å². The number of carbonyl (C=O) groups excluding carboxylic acids is 2. The summed E-state index contributed by atoms with van der Waals surface area (Å²) in [6, 6.07) is 11.7. The number of likely N-dealkylation sites (N-methyl/N-ethyl adjacent to an activating group) is 1. The molecule has 1 saturated heterocycles. The second kappa shape index (κ2) is 11.9. The summed E-state index contributed by atoms with van der Waals surface area (Å²) in [6.07, 6.45) is 0. The first kappa shape index (κ1) is 25.5. The molecule has 1 aliphatic heterocycles. The summed E-state index contributed by atoms with van der Waals surface area (Å²) in [4.78, 5) is 31.3. The number of hydrogen-bond acceptors (Lipinski definition) is 6. The summed E-state index contributed by atoms with van der Waals surface area (Å²) in [7, 11) is 5.18. The Balaban J connectivity index is 1.45. The molecule has 2 aromatic carbocycles. The van der Waals surface area contributed by atoms with Crippen LogP contribution in [0.1, 0.15) is 16.7 Å². The number of rotatable bonds is 9. The van der Waals surface area contributed by atoms with Gasteiger partial charge in [0.25, 0.3) is 0 Å². The van der Waals surface area contributed by atoms with Crippen molar-refractivity contribution >= 4 is 17.5 Å². The fraction of sp³-hybridized carbons (Fsp3) is 0.462. The molecule has 2 aromatic rings. The summed E-state index contributed by atoms with van der Waals surface area (Å²) >= 11 is 0. The number of piperazine rings is 1. The Labute approximate surface area is 202 Å². The average Bonchev–Trinajstić information content (AvgIpc) is 2.82. The van der Waals surface area contributed by atoms with E-state index in [4.69, 9.17) is 9.47 Å². The highest BCUT2D eigenvalue weighted by molar-refractivity contribution is 5.93. The maximum Gasteiger partial charge on any atom is 0.238 e. The van der Waals surface area contributed by atoms with E-state index in [0.717, 1.165) is 33.9 Å². The molecular formula is C26H36N4O4.